The second-order valence-electron chi connectivity index (χ2n) is 5.50. The van der Waals surface area contributed by atoms with Gasteiger partial charge in [-0.05, 0) is 38.1 Å². The molecule has 0 aliphatic heterocycles. The summed E-state index contributed by atoms with van der Waals surface area (Å²) in [5, 5.41) is 2.81. The summed E-state index contributed by atoms with van der Waals surface area (Å²) in [7, 11) is 0. The zero-order valence-electron chi connectivity index (χ0n) is 14.3. The first kappa shape index (κ1) is 16.7. The number of hydrogen-bond acceptors (Lipinski definition) is 5. The monoisotopic (exact) mass is 336 g/mol. The normalized spacial score (nSPS) is 10.5. The molecule has 0 aliphatic carbocycles. The van der Waals surface area contributed by atoms with E-state index in [0.717, 1.165) is 12.2 Å². The third-order valence-electron chi connectivity index (χ3n) is 3.72. The third kappa shape index (κ3) is 4.03. The number of aromatic nitrogens is 2. The molecular weight excluding hydrogens is 316 g/mol. The molecule has 0 atom stereocenters. The lowest BCUT2D eigenvalue weighted by Gasteiger charge is -2.22. The van der Waals surface area contributed by atoms with Crippen molar-refractivity contribution in [3.8, 4) is 0 Å². The maximum atomic E-state index is 12.4. The van der Waals surface area contributed by atoms with Crippen molar-refractivity contribution in [3.63, 3.8) is 0 Å². The summed E-state index contributed by atoms with van der Waals surface area (Å²) >= 11 is 0. The molecule has 6 nitrogen and oxygen atoms in total. The topological polar surface area (TPSA) is 71.3 Å². The van der Waals surface area contributed by atoms with Crippen LogP contribution >= 0.6 is 0 Å². The molecule has 2 heterocycles. The van der Waals surface area contributed by atoms with E-state index in [1.54, 1.807) is 25.3 Å². The molecule has 1 aromatic carbocycles. The molecule has 0 saturated heterocycles. The Morgan fingerprint density at radius 1 is 1.16 bits per heavy atom. The molecule has 0 aliphatic rings. The average Bonchev–Trinajstić information content (AvgIpc) is 3.14. The Kier molecular flexibility index (Phi) is 5.09. The number of furan rings is 1. The molecule has 128 valence electrons. The van der Waals surface area contributed by atoms with E-state index in [9.17, 15) is 4.79 Å². The van der Waals surface area contributed by atoms with E-state index in [2.05, 4.69) is 15.3 Å². The van der Waals surface area contributed by atoms with Crippen molar-refractivity contribution in [2.45, 2.75) is 20.4 Å². The largest absolute Gasteiger partial charge is 0.467 e. The second-order valence-corrected chi connectivity index (χ2v) is 5.50. The Hall–Kier alpha value is -3.15. The number of hydrogen-bond donors (Lipinski definition) is 1. The number of para-hydroxylation sites is 1. The van der Waals surface area contributed by atoms with E-state index in [4.69, 9.17) is 4.42 Å². The molecule has 0 spiro atoms. The molecule has 0 radical (unpaired) electrons. The second kappa shape index (κ2) is 7.61. The molecule has 3 aromatic rings. The quantitative estimate of drug-likeness (QED) is 0.746. The van der Waals surface area contributed by atoms with Crippen molar-refractivity contribution >= 4 is 17.4 Å². The molecule has 1 amide bonds. The SMILES string of the molecule is CCN(c1ccccc1)c1cc(C(=O)NCc2ccco2)nc(C)n1. The van der Waals surface area contributed by atoms with Crippen LogP contribution in [0.25, 0.3) is 0 Å². The minimum atomic E-state index is -0.257. The van der Waals surface area contributed by atoms with Gasteiger partial charge in [0, 0.05) is 18.3 Å². The van der Waals surface area contributed by atoms with E-state index in [0.29, 0.717) is 29.6 Å². The fraction of sp³-hybridized carbons (Fsp3) is 0.211. The Morgan fingerprint density at radius 2 is 1.96 bits per heavy atom. The number of nitrogens with one attached hydrogen (secondary N) is 1. The van der Waals surface area contributed by atoms with E-state index in [1.165, 1.54) is 0 Å². The van der Waals surface area contributed by atoms with Gasteiger partial charge in [0.05, 0.1) is 12.8 Å². The standard InChI is InChI=1S/C19H20N4O2/c1-3-23(15-8-5-4-6-9-15)18-12-17(21-14(2)22-18)19(24)20-13-16-10-7-11-25-16/h4-12H,3,13H2,1-2H3,(H,20,24). The summed E-state index contributed by atoms with van der Waals surface area (Å²) in [6.07, 6.45) is 1.58. The highest BCUT2D eigenvalue weighted by Crippen LogP contribution is 2.23. The lowest BCUT2D eigenvalue weighted by molar-refractivity contribution is 0.0942. The zero-order valence-corrected chi connectivity index (χ0v) is 14.3. The molecule has 3 rings (SSSR count). The van der Waals surface area contributed by atoms with Gasteiger partial charge < -0.3 is 14.6 Å². The molecule has 25 heavy (non-hydrogen) atoms. The highest BCUT2D eigenvalue weighted by molar-refractivity contribution is 5.93. The van der Waals surface area contributed by atoms with Gasteiger partial charge in [0.25, 0.3) is 5.91 Å². The van der Waals surface area contributed by atoms with Crippen LogP contribution in [0.5, 0.6) is 0 Å². The predicted octanol–water partition coefficient (Wildman–Crippen LogP) is 3.47. The number of carbonyl (C=O) groups is 1. The molecule has 2 aromatic heterocycles. The van der Waals surface area contributed by atoms with Crippen LogP contribution in [0.4, 0.5) is 11.5 Å². The van der Waals surface area contributed by atoms with Crippen LogP contribution in [0.2, 0.25) is 0 Å². The van der Waals surface area contributed by atoms with Crippen molar-refractivity contribution < 1.29 is 9.21 Å². The van der Waals surface area contributed by atoms with Gasteiger partial charge in [0.15, 0.2) is 0 Å². The first-order chi connectivity index (χ1) is 12.2. The third-order valence-corrected chi connectivity index (χ3v) is 3.72. The summed E-state index contributed by atoms with van der Waals surface area (Å²) < 4.78 is 5.22. The summed E-state index contributed by atoms with van der Waals surface area (Å²) in [5.41, 5.74) is 1.36. The van der Waals surface area contributed by atoms with Crippen molar-refractivity contribution in [1.82, 2.24) is 15.3 Å². The molecule has 6 heteroatoms. The molecule has 0 fully saturated rings. The van der Waals surface area contributed by atoms with Gasteiger partial charge in [-0.25, -0.2) is 9.97 Å². The van der Waals surface area contributed by atoms with Crippen molar-refractivity contribution in [1.29, 1.82) is 0 Å². The first-order valence-corrected chi connectivity index (χ1v) is 8.16. The minimum absolute atomic E-state index is 0.257. The molecule has 1 N–H and O–H groups in total. The number of benzene rings is 1. The average molecular weight is 336 g/mol. The Bertz CT molecular complexity index is 832. The smallest absolute Gasteiger partial charge is 0.270 e. The van der Waals surface area contributed by atoms with Gasteiger partial charge in [0.2, 0.25) is 0 Å². The van der Waals surface area contributed by atoms with Crippen molar-refractivity contribution in [2.24, 2.45) is 0 Å². The van der Waals surface area contributed by atoms with Crippen LogP contribution in [-0.2, 0) is 6.54 Å². The van der Waals surface area contributed by atoms with E-state index >= 15 is 0 Å². The van der Waals surface area contributed by atoms with Crippen LogP contribution in [0.1, 0.15) is 29.0 Å². The molecule has 0 bridgehead atoms. The predicted molar refractivity (Wildman–Crippen MR) is 95.8 cm³/mol. The van der Waals surface area contributed by atoms with Gasteiger partial charge in [-0.1, -0.05) is 18.2 Å². The summed E-state index contributed by atoms with van der Waals surface area (Å²) in [6.45, 7) is 4.88. The van der Waals surface area contributed by atoms with Gasteiger partial charge in [-0.15, -0.1) is 0 Å². The lowest BCUT2D eigenvalue weighted by Crippen LogP contribution is -2.25. The van der Waals surface area contributed by atoms with Crippen LogP contribution in [0.15, 0.2) is 59.2 Å². The van der Waals surface area contributed by atoms with Gasteiger partial charge in [-0.2, -0.15) is 0 Å². The van der Waals surface area contributed by atoms with Crippen LogP contribution in [-0.4, -0.2) is 22.4 Å². The van der Waals surface area contributed by atoms with E-state index in [1.807, 2.05) is 48.2 Å². The molecular formula is C19H20N4O2. The number of rotatable bonds is 6. The Labute approximate surface area is 146 Å². The van der Waals surface area contributed by atoms with Crippen LogP contribution in [0, 0.1) is 6.92 Å². The molecule has 0 unspecified atom stereocenters. The van der Waals surface area contributed by atoms with Crippen LogP contribution < -0.4 is 10.2 Å². The van der Waals surface area contributed by atoms with Gasteiger partial charge >= 0.3 is 0 Å². The number of carbonyl (C=O) groups excluding carboxylic acids is 1. The number of nitrogens with zero attached hydrogens (tertiary/aromatic N) is 3. The van der Waals surface area contributed by atoms with E-state index < -0.39 is 0 Å². The maximum absolute atomic E-state index is 12.4. The number of anilines is 2. The first-order valence-electron chi connectivity index (χ1n) is 8.16. The number of amides is 1. The van der Waals surface area contributed by atoms with Gasteiger partial charge in [-0.3, -0.25) is 4.79 Å². The zero-order chi connectivity index (χ0) is 17.6. The highest BCUT2D eigenvalue weighted by Gasteiger charge is 2.15. The minimum Gasteiger partial charge on any atom is -0.467 e. The lowest BCUT2D eigenvalue weighted by atomic mass is 10.2. The number of aryl methyl sites for hydroxylation is 1. The maximum Gasteiger partial charge on any atom is 0.270 e. The summed E-state index contributed by atoms with van der Waals surface area (Å²) in [6, 6.07) is 15.2. The molecule has 0 saturated carbocycles. The Balaban J connectivity index is 1.83. The fourth-order valence-electron chi connectivity index (χ4n) is 2.56. The fourth-order valence-corrected chi connectivity index (χ4v) is 2.56. The van der Waals surface area contributed by atoms with Crippen molar-refractivity contribution in [3.05, 3.63) is 72.1 Å². The van der Waals surface area contributed by atoms with Crippen molar-refractivity contribution in [2.75, 3.05) is 11.4 Å². The Morgan fingerprint density at radius 3 is 2.64 bits per heavy atom. The van der Waals surface area contributed by atoms with Gasteiger partial charge in [0.1, 0.15) is 23.1 Å². The van der Waals surface area contributed by atoms with E-state index in [-0.39, 0.29) is 5.91 Å². The highest BCUT2D eigenvalue weighted by atomic mass is 16.3. The van der Waals surface area contributed by atoms with Crippen LogP contribution in [0.3, 0.4) is 0 Å². The summed E-state index contributed by atoms with van der Waals surface area (Å²) in [5.74, 6) is 1.69. The summed E-state index contributed by atoms with van der Waals surface area (Å²) in [4.78, 5) is 23.2.